The molecule has 2 atom stereocenters. The molecule has 19 heavy (non-hydrogen) atoms. The number of hydrogen-bond donors (Lipinski definition) is 1. The maximum atomic E-state index is 12.1. The molecule has 0 radical (unpaired) electrons. The molecule has 2 aliphatic rings. The molecule has 106 valence electrons. The predicted octanol–water partition coefficient (Wildman–Crippen LogP) is 1.81. The summed E-state index contributed by atoms with van der Waals surface area (Å²) in [6.45, 7) is 0.463. The van der Waals surface area contributed by atoms with E-state index in [9.17, 15) is 14.4 Å². The fourth-order valence-electron chi connectivity index (χ4n) is 3.17. The second kappa shape index (κ2) is 6.17. The van der Waals surface area contributed by atoms with Crippen molar-refractivity contribution in [2.45, 2.75) is 51.4 Å². The molecule has 2 rings (SSSR count). The minimum atomic E-state index is -0.792. The minimum Gasteiger partial charge on any atom is -0.481 e. The number of carboxylic acids is 1. The molecule has 0 aromatic heterocycles. The Labute approximate surface area is 113 Å². The Morgan fingerprint density at radius 2 is 1.63 bits per heavy atom. The number of likely N-dealkylation sites (tertiary alicyclic amines) is 1. The van der Waals surface area contributed by atoms with Crippen molar-refractivity contribution in [1.82, 2.24) is 4.90 Å². The third-order valence-electron chi connectivity index (χ3n) is 4.20. The van der Waals surface area contributed by atoms with Gasteiger partial charge in [0, 0.05) is 13.0 Å². The van der Waals surface area contributed by atoms with Gasteiger partial charge in [-0.2, -0.15) is 0 Å². The molecule has 1 saturated heterocycles. The van der Waals surface area contributed by atoms with Gasteiger partial charge in [0.2, 0.25) is 11.8 Å². The second-order valence-electron chi connectivity index (χ2n) is 5.53. The van der Waals surface area contributed by atoms with Crippen molar-refractivity contribution in [3.8, 4) is 0 Å². The Morgan fingerprint density at radius 3 is 2.16 bits per heavy atom. The number of carbonyl (C=O) groups excluding carboxylic acids is 2. The Kier molecular flexibility index (Phi) is 4.56. The van der Waals surface area contributed by atoms with Gasteiger partial charge in [-0.1, -0.05) is 19.3 Å². The quantitative estimate of drug-likeness (QED) is 0.588. The monoisotopic (exact) mass is 267 g/mol. The van der Waals surface area contributed by atoms with Gasteiger partial charge in [-0.15, -0.1) is 0 Å². The normalized spacial score (nSPS) is 26.6. The summed E-state index contributed by atoms with van der Waals surface area (Å²) in [6, 6.07) is 0. The van der Waals surface area contributed by atoms with Crippen molar-refractivity contribution in [2.75, 3.05) is 6.54 Å². The summed E-state index contributed by atoms with van der Waals surface area (Å²) in [5, 5.41) is 8.53. The number of carboxylic acid groups (broad SMARTS) is 1. The number of hydrogen-bond acceptors (Lipinski definition) is 3. The average molecular weight is 267 g/mol. The smallest absolute Gasteiger partial charge is 0.303 e. The molecule has 1 aliphatic carbocycles. The molecular weight excluding hydrogens is 246 g/mol. The molecule has 0 unspecified atom stereocenters. The number of nitrogens with zero attached hydrogens (tertiary/aromatic N) is 1. The fourth-order valence-corrected chi connectivity index (χ4v) is 3.17. The lowest BCUT2D eigenvalue weighted by Gasteiger charge is -2.19. The van der Waals surface area contributed by atoms with E-state index in [1.807, 2.05) is 0 Å². The molecule has 1 heterocycles. The number of fused-ring (bicyclic) bond motifs is 1. The first-order valence-electron chi connectivity index (χ1n) is 7.18. The zero-order valence-electron chi connectivity index (χ0n) is 11.1. The van der Waals surface area contributed by atoms with E-state index in [2.05, 4.69) is 0 Å². The summed E-state index contributed by atoms with van der Waals surface area (Å²) in [7, 11) is 0. The van der Waals surface area contributed by atoms with Crippen LogP contribution in [0.2, 0.25) is 0 Å². The van der Waals surface area contributed by atoms with Gasteiger partial charge in [0.05, 0.1) is 11.8 Å². The van der Waals surface area contributed by atoms with Crippen molar-refractivity contribution in [3.05, 3.63) is 0 Å². The van der Waals surface area contributed by atoms with Crippen LogP contribution in [0.4, 0.5) is 0 Å². The van der Waals surface area contributed by atoms with Gasteiger partial charge in [0.25, 0.3) is 0 Å². The van der Waals surface area contributed by atoms with E-state index in [1.165, 1.54) is 4.90 Å². The summed E-state index contributed by atoms with van der Waals surface area (Å²) < 4.78 is 0. The molecule has 1 aliphatic heterocycles. The predicted molar refractivity (Wildman–Crippen MR) is 68.3 cm³/mol. The van der Waals surface area contributed by atoms with Crippen LogP contribution < -0.4 is 0 Å². The first-order valence-corrected chi connectivity index (χ1v) is 7.18. The molecule has 0 aromatic carbocycles. The van der Waals surface area contributed by atoms with Crippen LogP contribution in [0, 0.1) is 11.8 Å². The average Bonchev–Trinajstić information content (AvgIpc) is 2.63. The van der Waals surface area contributed by atoms with Crippen LogP contribution in [0.3, 0.4) is 0 Å². The first kappa shape index (κ1) is 14.0. The van der Waals surface area contributed by atoms with Crippen molar-refractivity contribution in [3.63, 3.8) is 0 Å². The van der Waals surface area contributed by atoms with Crippen molar-refractivity contribution >= 4 is 17.8 Å². The summed E-state index contributed by atoms with van der Waals surface area (Å²) in [4.78, 5) is 36.1. The largest absolute Gasteiger partial charge is 0.481 e. The topological polar surface area (TPSA) is 74.7 Å². The number of carbonyl (C=O) groups is 3. The zero-order valence-corrected chi connectivity index (χ0v) is 11.1. The SMILES string of the molecule is O=C(O)CCCCCN1C(=O)[C@H]2CCCC[C@H]2C1=O. The number of rotatable bonds is 6. The summed E-state index contributed by atoms with van der Waals surface area (Å²) in [5.74, 6) is -0.916. The molecule has 5 nitrogen and oxygen atoms in total. The molecule has 0 spiro atoms. The lowest BCUT2D eigenvalue weighted by Crippen LogP contribution is -2.32. The van der Waals surface area contributed by atoms with Gasteiger partial charge in [-0.25, -0.2) is 0 Å². The van der Waals surface area contributed by atoms with Crippen LogP contribution >= 0.6 is 0 Å². The third kappa shape index (κ3) is 3.14. The van der Waals surface area contributed by atoms with E-state index in [-0.39, 0.29) is 30.1 Å². The molecule has 1 N–H and O–H groups in total. The Balaban J connectivity index is 1.78. The number of unbranched alkanes of at least 4 members (excludes halogenated alkanes) is 2. The van der Waals surface area contributed by atoms with Crippen LogP contribution in [0.15, 0.2) is 0 Å². The van der Waals surface area contributed by atoms with Crippen molar-refractivity contribution in [2.24, 2.45) is 11.8 Å². The standard InChI is InChI=1S/C14H21NO4/c16-12(17)8-2-1-5-9-15-13(18)10-6-3-4-7-11(10)14(15)19/h10-11H,1-9H2,(H,16,17)/t10-,11+. The van der Waals surface area contributed by atoms with Crippen molar-refractivity contribution < 1.29 is 19.5 Å². The Hall–Kier alpha value is -1.39. The molecule has 2 fully saturated rings. The fraction of sp³-hybridized carbons (Fsp3) is 0.786. The summed E-state index contributed by atoms with van der Waals surface area (Å²) in [6.07, 6.45) is 6.03. The van der Waals surface area contributed by atoms with E-state index in [1.54, 1.807) is 0 Å². The number of aliphatic carboxylic acids is 1. The van der Waals surface area contributed by atoms with Gasteiger partial charge in [-0.05, 0) is 25.7 Å². The first-order chi connectivity index (χ1) is 9.11. The van der Waals surface area contributed by atoms with E-state index < -0.39 is 5.97 Å². The molecule has 1 saturated carbocycles. The Morgan fingerprint density at radius 1 is 1.05 bits per heavy atom. The highest BCUT2D eigenvalue weighted by Gasteiger charge is 2.47. The minimum absolute atomic E-state index is 0.00735. The molecule has 0 aromatic rings. The highest BCUT2D eigenvalue weighted by Crippen LogP contribution is 2.38. The van der Waals surface area contributed by atoms with Crippen LogP contribution in [0.25, 0.3) is 0 Å². The molecular formula is C14H21NO4. The second-order valence-corrected chi connectivity index (χ2v) is 5.53. The lowest BCUT2D eigenvalue weighted by atomic mass is 9.81. The third-order valence-corrected chi connectivity index (χ3v) is 4.20. The number of imide groups is 1. The van der Waals surface area contributed by atoms with E-state index in [0.29, 0.717) is 19.4 Å². The Bertz CT molecular complexity index is 356. The highest BCUT2D eigenvalue weighted by molar-refractivity contribution is 6.05. The van der Waals surface area contributed by atoms with E-state index in [4.69, 9.17) is 5.11 Å². The van der Waals surface area contributed by atoms with Gasteiger partial charge in [0.15, 0.2) is 0 Å². The van der Waals surface area contributed by atoms with Crippen LogP contribution in [0.5, 0.6) is 0 Å². The van der Waals surface area contributed by atoms with Gasteiger partial charge < -0.3 is 5.11 Å². The summed E-state index contributed by atoms with van der Waals surface area (Å²) in [5.41, 5.74) is 0. The molecule has 2 amide bonds. The number of amides is 2. The van der Waals surface area contributed by atoms with Gasteiger partial charge in [0.1, 0.15) is 0 Å². The van der Waals surface area contributed by atoms with E-state index >= 15 is 0 Å². The molecule has 5 heteroatoms. The van der Waals surface area contributed by atoms with Gasteiger partial charge in [-0.3, -0.25) is 19.3 Å². The maximum absolute atomic E-state index is 12.1. The maximum Gasteiger partial charge on any atom is 0.303 e. The lowest BCUT2D eigenvalue weighted by molar-refractivity contribution is -0.140. The zero-order chi connectivity index (χ0) is 13.8. The van der Waals surface area contributed by atoms with Crippen LogP contribution in [-0.4, -0.2) is 34.3 Å². The molecule has 0 bridgehead atoms. The van der Waals surface area contributed by atoms with E-state index in [0.717, 1.165) is 32.1 Å². The highest BCUT2D eigenvalue weighted by atomic mass is 16.4. The van der Waals surface area contributed by atoms with Crippen LogP contribution in [-0.2, 0) is 14.4 Å². The van der Waals surface area contributed by atoms with Crippen LogP contribution in [0.1, 0.15) is 51.4 Å². The summed E-state index contributed by atoms with van der Waals surface area (Å²) >= 11 is 0. The van der Waals surface area contributed by atoms with Crippen molar-refractivity contribution in [1.29, 1.82) is 0 Å². The van der Waals surface area contributed by atoms with Gasteiger partial charge >= 0.3 is 5.97 Å².